The number of hydrogen-bond acceptors (Lipinski definition) is 7. The fourth-order valence-corrected chi connectivity index (χ4v) is 6.38. The standard InChI is InChI=1S/C23H24N4O4S2/c1-16-12-22-24-25-23(27(22)21-14-18(30-2)6-7-20(16)21)32-15-17-4-3-5-19(13-17)33(28,29)26-8-10-31-11-9-26/h3-7,12-14H,8-11,15H2,1-2H3. The third-order valence-electron chi connectivity index (χ3n) is 5.75. The van der Waals surface area contributed by atoms with E-state index in [1.165, 1.54) is 16.1 Å². The zero-order valence-corrected chi connectivity index (χ0v) is 20.0. The summed E-state index contributed by atoms with van der Waals surface area (Å²) in [6.45, 7) is 3.66. The van der Waals surface area contributed by atoms with Gasteiger partial charge in [-0.15, -0.1) is 10.2 Å². The molecule has 1 aliphatic heterocycles. The number of hydrogen-bond donors (Lipinski definition) is 0. The molecule has 2 aromatic heterocycles. The summed E-state index contributed by atoms with van der Waals surface area (Å²) in [6.07, 6.45) is 0. The largest absolute Gasteiger partial charge is 0.497 e. The zero-order chi connectivity index (χ0) is 23.0. The van der Waals surface area contributed by atoms with Crippen molar-refractivity contribution in [1.82, 2.24) is 18.9 Å². The van der Waals surface area contributed by atoms with E-state index in [1.807, 2.05) is 34.7 Å². The first-order valence-corrected chi connectivity index (χ1v) is 13.0. The van der Waals surface area contributed by atoms with Crippen molar-refractivity contribution < 1.29 is 17.9 Å². The maximum Gasteiger partial charge on any atom is 0.243 e. The van der Waals surface area contributed by atoms with Crippen LogP contribution in [0.5, 0.6) is 5.75 Å². The van der Waals surface area contributed by atoms with Crippen LogP contribution in [-0.4, -0.2) is 60.7 Å². The van der Waals surface area contributed by atoms with Gasteiger partial charge in [-0.2, -0.15) is 4.31 Å². The Morgan fingerprint density at radius 3 is 2.70 bits per heavy atom. The third-order valence-corrected chi connectivity index (χ3v) is 8.64. The van der Waals surface area contributed by atoms with Gasteiger partial charge in [-0.25, -0.2) is 8.42 Å². The van der Waals surface area contributed by atoms with E-state index >= 15 is 0 Å². The van der Waals surface area contributed by atoms with Gasteiger partial charge in [-0.3, -0.25) is 4.40 Å². The topological polar surface area (TPSA) is 86.0 Å². The van der Waals surface area contributed by atoms with Crippen LogP contribution in [0, 0.1) is 6.92 Å². The van der Waals surface area contributed by atoms with E-state index in [4.69, 9.17) is 9.47 Å². The van der Waals surface area contributed by atoms with Crippen LogP contribution in [0.25, 0.3) is 16.6 Å². The van der Waals surface area contributed by atoms with Gasteiger partial charge in [-0.05, 0) is 48.4 Å². The number of thioether (sulfide) groups is 1. The van der Waals surface area contributed by atoms with E-state index in [-0.39, 0.29) is 0 Å². The van der Waals surface area contributed by atoms with Crippen molar-refractivity contribution in [3.8, 4) is 5.75 Å². The highest BCUT2D eigenvalue weighted by Crippen LogP contribution is 2.30. The number of benzene rings is 2. The van der Waals surface area contributed by atoms with Gasteiger partial charge >= 0.3 is 0 Å². The van der Waals surface area contributed by atoms with Gasteiger partial charge in [0.05, 0.1) is 30.7 Å². The molecule has 0 radical (unpaired) electrons. The van der Waals surface area contributed by atoms with Gasteiger partial charge in [0, 0.05) is 30.3 Å². The average molecular weight is 485 g/mol. The Morgan fingerprint density at radius 1 is 1.09 bits per heavy atom. The highest BCUT2D eigenvalue weighted by atomic mass is 32.2. The molecule has 0 spiro atoms. The quantitative estimate of drug-likeness (QED) is 0.387. The van der Waals surface area contributed by atoms with E-state index in [2.05, 4.69) is 17.1 Å². The predicted molar refractivity (Wildman–Crippen MR) is 127 cm³/mol. The first-order valence-electron chi connectivity index (χ1n) is 10.6. The molecule has 10 heteroatoms. The van der Waals surface area contributed by atoms with Gasteiger partial charge in [0.1, 0.15) is 5.75 Å². The second kappa shape index (κ2) is 8.94. The minimum atomic E-state index is -3.54. The van der Waals surface area contributed by atoms with Crippen LogP contribution in [0.3, 0.4) is 0 Å². The normalized spacial score (nSPS) is 15.3. The van der Waals surface area contributed by atoms with Crippen molar-refractivity contribution in [2.75, 3.05) is 33.4 Å². The number of aryl methyl sites for hydroxylation is 1. The fourth-order valence-electron chi connectivity index (χ4n) is 4.00. The molecule has 8 nitrogen and oxygen atoms in total. The number of sulfonamides is 1. The number of pyridine rings is 1. The van der Waals surface area contributed by atoms with Crippen LogP contribution in [0.4, 0.5) is 0 Å². The fraction of sp³-hybridized carbons (Fsp3) is 0.304. The zero-order valence-electron chi connectivity index (χ0n) is 18.4. The first-order chi connectivity index (χ1) is 16.0. The van der Waals surface area contributed by atoms with Crippen molar-refractivity contribution in [2.24, 2.45) is 0 Å². The Kier molecular flexibility index (Phi) is 6.00. The second-order valence-electron chi connectivity index (χ2n) is 7.84. The number of aromatic nitrogens is 3. The van der Waals surface area contributed by atoms with Crippen molar-refractivity contribution in [2.45, 2.75) is 22.7 Å². The lowest BCUT2D eigenvalue weighted by Crippen LogP contribution is -2.40. The summed E-state index contributed by atoms with van der Waals surface area (Å²) in [5, 5.41) is 10.6. The summed E-state index contributed by atoms with van der Waals surface area (Å²) in [5.74, 6) is 1.33. The van der Waals surface area contributed by atoms with Crippen LogP contribution in [0.15, 0.2) is 58.6 Å². The molecule has 0 saturated carbocycles. The van der Waals surface area contributed by atoms with Crippen molar-refractivity contribution >= 4 is 38.3 Å². The number of rotatable bonds is 6. The van der Waals surface area contributed by atoms with Crippen molar-refractivity contribution in [1.29, 1.82) is 0 Å². The number of nitrogens with zero attached hydrogens (tertiary/aromatic N) is 4. The third kappa shape index (κ3) is 4.19. The number of fused-ring (bicyclic) bond motifs is 3. The van der Waals surface area contributed by atoms with E-state index in [0.29, 0.717) is 37.0 Å². The molecule has 172 valence electrons. The number of ether oxygens (including phenoxy) is 2. The molecule has 0 atom stereocenters. The molecule has 0 bridgehead atoms. The number of methoxy groups -OCH3 is 1. The molecule has 1 saturated heterocycles. The van der Waals surface area contributed by atoms with Gasteiger partial charge in [0.2, 0.25) is 10.0 Å². The lowest BCUT2D eigenvalue weighted by Gasteiger charge is -2.26. The lowest BCUT2D eigenvalue weighted by molar-refractivity contribution is 0.0730. The summed E-state index contributed by atoms with van der Waals surface area (Å²) in [5.41, 5.74) is 3.75. The first kappa shape index (κ1) is 22.1. The van der Waals surface area contributed by atoms with Gasteiger partial charge in [0.25, 0.3) is 0 Å². The Hall–Kier alpha value is -2.66. The Labute approximate surface area is 196 Å². The van der Waals surface area contributed by atoms with Crippen LogP contribution in [-0.2, 0) is 20.5 Å². The monoisotopic (exact) mass is 484 g/mol. The molecule has 4 aromatic rings. The molecule has 0 amide bonds. The SMILES string of the molecule is COc1ccc2c(C)cc3nnc(SCc4cccc(S(=O)(=O)N5CCOCC5)c4)n3c2c1. The predicted octanol–water partition coefficient (Wildman–Crippen LogP) is 3.51. The molecular formula is C23H24N4O4S2. The molecule has 0 unspecified atom stereocenters. The summed E-state index contributed by atoms with van der Waals surface area (Å²) in [4.78, 5) is 0.305. The van der Waals surface area contributed by atoms with E-state index < -0.39 is 10.0 Å². The van der Waals surface area contributed by atoms with Gasteiger partial charge < -0.3 is 9.47 Å². The molecule has 33 heavy (non-hydrogen) atoms. The van der Waals surface area contributed by atoms with Crippen LogP contribution >= 0.6 is 11.8 Å². The average Bonchev–Trinajstić information content (AvgIpc) is 3.26. The number of morpholine rings is 1. The molecular weight excluding hydrogens is 460 g/mol. The van der Waals surface area contributed by atoms with E-state index in [1.54, 1.807) is 25.3 Å². The van der Waals surface area contributed by atoms with Gasteiger partial charge in [0.15, 0.2) is 10.8 Å². The Morgan fingerprint density at radius 2 is 1.91 bits per heavy atom. The van der Waals surface area contributed by atoms with Crippen molar-refractivity contribution in [3.05, 3.63) is 59.7 Å². The maximum absolute atomic E-state index is 13.0. The highest BCUT2D eigenvalue weighted by Gasteiger charge is 2.26. The minimum absolute atomic E-state index is 0.305. The summed E-state index contributed by atoms with van der Waals surface area (Å²) in [7, 11) is -1.89. The molecule has 5 rings (SSSR count). The van der Waals surface area contributed by atoms with Crippen LogP contribution < -0.4 is 4.74 Å². The molecule has 1 aliphatic rings. The van der Waals surface area contributed by atoms with Gasteiger partial charge in [-0.1, -0.05) is 23.9 Å². The molecule has 0 aliphatic carbocycles. The molecule has 2 aromatic carbocycles. The Balaban J connectivity index is 1.45. The summed E-state index contributed by atoms with van der Waals surface area (Å²) >= 11 is 1.52. The van der Waals surface area contributed by atoms with Crippen molar-refractivity contribution in [3.63, 3.8) is 0 Å². The van der Waals surface area contributed by atoms with Crippen LogP contribution in [0.1, 0.15) is 11.1 Å². The van der Waals surface area contributed by atoms with E-state index in [9.17, 15) is 8.42 Å². The lowest BCUT2D eigenvalue weighted by atomic mass is 10.1. The van der Waals surface area contributed by atoms with E-state index in [0.717, 1.165) is 38.6 Å². The molecule has 1 fully saturated rings. The second-order valence-corrected chi connectivity index (χ2v) is 10.7. The molecule has 3 heterocycles. The smallest absolute Gasteiger partial charge is 0.243 e. The summed E-state index contributed by atoms with van der Waals surface area (Å²) in [6, 6.07) is 15.1. The minimum Gasteiger partial charge on any atom is -0.497 e. The Bertz CT molecular complexity index is 1430. The highest BCUT2D eigenvalue weighted by molar-refractivity contribution is 7.98. The maximum atomic E-state index is 13.0. The summed E-state index contributed by atoms with van der Waals surface area (Å²) < 4.78 is 40.2. The van der Waals surface area contributed by atoms with Crippen LogP contribution in [0.2, 0.25) is 0 Å². The molecule has 0 N–H and O–H groups in total.